The lowest BCUT2D eigenvalue weighted by Gasteiger charge is -2.25. The largest absolute Gasteiger partial charge is 0.354 e. The lowest BCUT2D eigenvalue weighted by atomic mass is 10.0. The number of benzene rings is 1. The standard InChI is InChI=1S/C20H29ClN4O2/c1-4-24(5-2)13-15(3)12-22-19(26)14-25-20(27)11-10-18(23-25)16-6-8-17(21)9-7-16/h6-9,15H,4-5,10-14H2,1-3H3,(H,22,26). The van der Waals surface area contributed by atoms with Gasteiger partial charge in [-0.15, -0.1) is 0 Å². The van der Waals surface area contributed by atoms with Crippen molar-refractivity contribution < 1.29 is 9.59 Å². The molecule has 0 aromatic heterocycles. The van der Waals surface area contributed by atoms with Crippen LogP contribution >= 0.6 is 11.6 Å². The van der Waals surface area contributed by atoms with Crippen molar-refractivity contribution in [3.8, 4) is 0 Å². The van der Waals surface area contributed by atoms with Gasteiger partial charge in [0.1, 0.15) is 6.54 Å². The van der Waals surface area contributed by atoms with Crippen molar-refractivity contribution >= 4 is 29.1 Å². The zero-order chi connectivity index (χ0) is 19.8. The van der Waals surface area contributed by atoms with Gasteiger partial charge in [-0.05, 0) is 36.7 Å². The summed E-state index contributed by atoms with van der Waals surface area (Å²) in [6.07, 6.45) is 0.923. The quantitative estimate of drug-likeness (QED) is 0.702. The minimum Gasteiger partial charge on any atom is -0.354 e. The van der Waals surface area contributed by atoms with Crippen LogP contribution in [0.15, 0.2) is 29.4 Å². The molecule has 2 amide bonds. The molecule has 27 heavy (non-hydrogen) atoms. The number of nitrogens with zero attached hydrogens (tertiary/aromatic N) is 3. The predicted octanol–water partition coefficient (Wildman–Crippen LogP) is 2.76. The average molecular weight is 393 g/mol. The molecule has 0 saturated carbocycles. The molecule has 6 nitrogen and oxygen atoms in total. The van der Waals surface area contributed by atoms with Crippen LogP contribution in [-0.2, 0) is 9.59 Å². The molecule has 0 aliphatic carbocycles. The molecule has 1 aliphatic heterocycles. The Kier molecular flexibility index (Phi) is 8.25. The lowest BCUT2D eigenvalue weighted by molar-refractivity contribution is -0.136. The number of halogens is 1. The normalized spacial score (nSPS) is 15.7. The molecule has 1 aromatic rings. The molecule has 0 saturated heterocycles. The molecule has 2 rings (SSSR count). The summed E-state index contributed by atoms with van der Waals surface area (Å²) in [5.41, 5.74) is 1.72. The van der Waals surface area contributed by atoms with E-state index in [0.29, 0.717) is 30.3 Å². The van der Waals surface area contributed by atoms with Gasteiger partial charge in [0.05, 0.1) is 5.71 Å². The summed E-state index contributed by atoms with van der Waals surface area (Å²) in [4.78, 5) is 26.7. The highest BCUT2D eigenvalue weighted by molar-refractivity contribution is 6.30. The van der Waals surface area contributed by atoms with Crippen LogP contribution in [0.1, 0.15) is 39.2 Å². The van der Waals surface area contributed by atoms with Gasteiger partial charge in [0, 0.05) is 31.0 Å². The monoisotopic (exact) mass is 392 g/mol. The molecule has 7 heteroatoms. The molecular weight excluding hydrogens is 364 g/mol. The lowest BCUT2D eigenvalue weighted by Crippen LogP contribution is -2.42. The molecule has 1 N–H and O–H groups in total. The number of carbonyl (C=O) groups is 2. The maximum absolute atomic E-state index is 12.3. The van der Waals surface area contributed by atoms with Gasteiger partial charge in [-0.2, -0.15) is 5.10 Å². The molecule has 1 aliphatic rings. The van der Waals surface area contributed by atoms with Crippen molar-refractivity contribution in [2.24, 2.45) is 11.0 Å². The Morgan fingerprint density at radius 3 is 2.56 bits per heavy atom. The number of amides is 2. The minimum atomic E-state index is -0.184. The molecule has 0 spiro atoms. The number of carbonyl (C=O) groups excluding carboxylic acids is 2. The number of nitrogens with one attached hydrogen (secondary N) is 1. The second kappa shape index (κ2) is 10.4. The Hall–Kier alpha value is -1.92. The van der Waals surface area contributed by atoms with Gasteiger partial charge >= 0.3 is 0 Å². The zero-order valence-corrected chi connectivity index (χ0v) is 17.1. The molecule has 148 valence electrons. The predicted molar refractivity (Wildman–Crippen MR) is 109 cm³/mol. The maximum atomic E-state index is 12.3. The van der Waals surface area contributed by atoms with Gasteiger partial charge in [0.25, 0.3) is 0 Å². The van der Waals surface area contributed by atoms with E-state index in [9.17, 15) is 9.59 Å². The molecule has 1 atom stereocenters. The summed E-state index contributed by atoms with van der Waals surface area (Å²) < 4.78 is 0. The van der Waals surface area contributed by atoms with Gasteiger partial charge in [0.15, 0.2) is 0 Å². The third kappa shape index (κ3) is 6.63. The van der Waals surface area contributed by atoms with Crippen LogP contribution in [0.4, 0.5) is 0 Å². The highest BCUT2D eigenvalue weighted by atomic mass is 35.5. The third-order valence-corrected chi connectivity index (χ3v) is 4.94. The summed E-state index contributed by atoms with van der Waals surface area (Å²) in [7, 11) is 0. The van der Waals surface area contributed by atoms with Crippen LogP contribution in [0, 0.1) is 5.92 Å². The highest BCUT2D eigenvalue weighted by Gasteiger charge is 2.23. The van der Waals surface area contributed by atoms with E-state index in [1.54, 1.807) is 12.1 Å². The fourth-order valence-corrected chi connectivity index (χ4v) is 3.17. The zero-order valence-electron chi connectivity index (χ0n) is 16.4. The fourth-order valence-electron chi connectivity index (χ4n) is 3.04. The molecule has 0 bridgehead atoms. The SMILES string of the molecule is CCN(CC)CC(C)CNC(=O)CN1N=C(c2ccc(Cl)cc2)CCC1=O. The summed E-state index contributed by atoms with van der Waals surface area (Å²) in [6.45, 7) is 9.86. The third-order valence-electron chi connectivity index (χ3n) is 4.69. The first-order valence-electron chi connectivity index (χ1n) is 9.55. The van der Waals surface area contributed by atoms with Crippen LogP contribution in [0.25, 0.3) is 0 Å². The van der Waals surface area contributed by atoms with Crippen molar-refractivity contribution in [2.75, 3.05) is 32.7 Å². The first kappa shape index (κ1) is 21.4. The Balaban J connectivity index is 1.90. The summed E-state index contributed by atoms with van der Waals surface area (Å²) in [5, 5.41) is 9.24. The summed E-state index contributed by atoms with van der Waals surface area (Å²) in [6, 6.07) is 7.35. The Morgan fingerprint density at radius 1 is 1.26 bits per heavy atom. The van der Waals surface area contributed by atoms with Crippen molar-refractivity contribution in [2.45, 2.75) is 33.6 Å². The van der Waals surface area contributed by atoms with Crippen molar-refractivity contribution in [3.63, 3.8) is 0 Å². The van der Waals surface area contributed by atoms with E-state index in [-0.39, 0.29) is 18.4 Å². The molecule has 1 heterocycles. The van der Waals surface area contributed by atoms with Crippen LogP contribution in [-0.4, -0.2) is 60.2 Å². The summed E-state index contributed by atoms with van der Waals surface area (Å²) >= 11 is 5.92. The van der Waals surface area contributed by atoms with E-state index in [2.05, 4.69) is 36.1 Å². The van der Waals surface area contributed by atoms with Crippen molar-refractivity contribution in [1.82, 2.24) is 15.2 Å². The topological polar surface area (TPSA) is 65.0 Å². The number of hydrogen-bond donors (Lipinski definition) is 1. The summed E-state index contributed by atoms with van der Waals surface area (Å²) in [5.74, 6) is 0.0361. The first-order valence-corrected chi connectivity index (χ1v) is 9.93. The average Bonchev–Trinajstić information content (AvgIpc) is 2.67. The van der Waals surface area contributed by atoms with Gasteiger partial charge in [-0.25, -0.2) is 5.01 Å². The molecule has 0 fully saturated rings. The smallest absolute Gasteiger partial charge is 0.243 e. The minimum absolute atomic E-state index is 0.0477. The number of rotatable bonds is 9. The molecule has 1 aromatic carbocycles. The Bertz CT molecular complexity index is 671. The second-order valence-corrected chi connectivity index (χ2v) is 7.34. The van der Waals surface area contributed by atoms with Gasteiger partial charge < -0.3 is 10.2 Å². The van der Waals surface area contributed by atoms with E-state index in [0.717, 1.165) is 30.9 Å². The van der Waals surface area contributed by atoms with Crippen LogP contribution in [0.5, 0.6) is 0 Å². The van der Waals surface area contributed by atoms with E-state index < -0.39 is 0 Å². The van der Waals surface area contributed by atoms with E-state index in [1.165, 1.54) is 5.01 Å². The van der Waals surface area contributed by atoms with Crippen molar-refractivity contribution in [1.29, 1.82) is 0 Å². The fraction of sp³-hybridized carbons (Fsp3) is 0.550. The van der Waals surface area contributed by atoms with Crippen LogP contribution in [0.2, 0.25) is 5.02 Å². The number of hydrazone groups is 1. The van der Waals surface area contributed by atoms with E-state index in [1.807, 2.05) is 12.1 Å². The second-order valence-electron chi connectivity index (χ2n) is 6.90. The highest BCUT2D eigenvalue weighted by Crippen LogP contribution is 2.17. The Labute approximate surface area is 166 Å². The first-order chi connectivity index (χ1) is 12.9. The van der Waals surface area contributed by atoms with Crippen molar-refractivity contribution in [3.05, 3.63) is 34.9 Å². The molecule has 0 radical (unpaired) electrons. The van der Waals surface area contributed by atoms with Gasteiger partial charge in [0.2, 0.25) is 11.8 Å². The Morgan fingerprint density at radius 2 is 1.93 bits per heavy atom. The number of hydrogen-bond acceptors (Lipinski definition) is 4. The molecular formula is C20H29ClN4O2. The van der Waals surface area contributed by atoms with Crippen LogP contribution in [0.3, 0.4) is 0 Å². The van der Waals surface area contributed by atoms with Gasteiger partial charge in [-0.1, -0.05) is 44.5 Å². The van der Waals surface area contributed by atoms with Crippen LogP contribution < -0.4 is 5.32 Å². The maximum Gasteiger partial charge on any atom is 0.243 e. The molecule has 1 unspecified atom stereocenters. The van der Waals surface area contributed by atoms with E-state index >= 15 is 0 Å². The van der Waals surface area contributed by atoms with E-state index in [4.69, 9.17) is 11.6 Å². The van der Waals surface area contributed by atoms with Gasteiger partial charge in [-0.3, -0.25) is 9.59 Å².